The number of halogens is 2. The van der Waals surface area contributed by atoms with E-state index in [1.54, 1.807) is 36.4 Å². The molecule has 0 saturated heterocycles. The third-order valence-corrected chi connectivity index (χ3v) is 5.44. The molecule has 3 rings (SSSR count). The molecule has 3 aromatic rings. The Kier molecular flexibility index (Phi) is 6.50. The molecule has 0 aliphatic heterocycles. The summed E-state index contributed by atoms with van der Waals surface area (Å²) in [5.74, 6) is 0.105. The zero-order valence-corrected chi connectivity index (χ0v) is 16.7. The predicted octanol–water partition coefficient (Wildman–Crippen LogP) is 5.79. The lowest BCUT2D eigenvalue weighted by molar-refractivity contribution is 0.0950. The second-order valence-corrected chi connectivity index (χ2v) is 7.74. The van der Waals surface area contributed by atoms with Gasteiger partial charge in [-0.25, -0.2) is 5.43 Å². The number of para-hydroxylation sites is 1. The van der Waals surface area contributed by atoms with Gasteiger partial charge >= 0.3 is 0 Å². The van der Waals surface area contributed by atoms with Crippen LogP contribution in [0.15, 0.2) is 65.8 Å². The monoisotopic (exact) mass is 418 g/mol. The van der Waals surface area contributed by atoms with Crippen molar-refractivity contribution in [2.75, 3.05) is 0 Å². The highest BCUT2D eigenvalue weighted by Gasteiger charge is 2.13. The molecule has 0 unspecified atom stereocenters. The minimum absolute atomic E-state index is 0.264. The highest BCUT2D eigenvalue weighted by molar-refractivity contribution is 7.18. The molecule has 4 nitrogen and oxygen atoms in total. The van der Waals surface area contributed by atoms with Crippen molar-refractivity contribution in [3.8, 4) is 5.75 Å². The summed E-state index contributed by atoms with van der Waals surface area (Å²) in [6, 6.07) is 18.1. The van der Waals surface area contributed by atoms with Crippen LogP contribution in [0, 0.1) is 0 Å². The summed E-state index contributed by atoms with van der Waals surface area (Å²) in [6.07, 6.45) is 0. The zero-order valence-electron chi connectivity index (χ0n) is 14.4. The number of carbonyl (C=O) groups excluding carboxylic acids is 1. The van der Waals surface area contributed by atoms with Gasteiger partial charge in [0, 0.05) is 10.6 Å². The standard InChI is InChI=1S/C20H16Cl2N2O2S/c1-13(18-10-11-19(22)27-18)23-24-20(25)15-7-3-5-9-17(15)26-12-14-6-2-4-8-16(14)21/h2-11H,12H2,1H3,(H,24,25)/b23-13-. The van der Waals surface area contributed by atoms with Gasteiger partial charge in [-0.15, -0.1) is 11.3 Å². The first-order chi connectivity index (χ1) is 13.0. The van der Waals surface area contributed by atoms with Crippen LogP contribution in [0.3, 0.4) is 0 Å². The van der Waals surface area contributed by atoms with Gasteiger partial charge in [0.05, 0.1) is 20.5 Å². The van der Waals surface area contributed by atoms with Crippen molar-refractivity contribution in [2.45, 2.75) is 13.5 Å². The molecule has 7 heteroatoms. The van der Waals surface area contributed by atoms with Crippen LogP contribution in [0.25, 0.3) is 0 Å². The van der Waals surface area contributed by atoms with Crippen molar-refractivity contribution >= 4 is 46.2 Å². The SMILES string of the molecule is C/C(=N/NC(=O)c1ccccc1OCc1ccccc1Cl)c1ccc(Cl)s1. The highest BCUT2D eigenvalue weighted by Crippen LogP contribution is 2.23. The molecule has 1 amide bonds. The van der Waals surface area contributed by atoms with Crippen LogP contribution in [-0.4, -0.2) is 11.6 Å². The van der Waals surface area contributed by atoms with Gasteiger partial charge in [-0.1, -0.05) is 53.5 Å². The molecule has 27 heavy (non-hydrogen) atoms. The summed E-state index contributed by atoms with van der Waals surface area (Å²) in [5.41, 5.74) is 4.48. The molecule has 0 bridgehead atoms. The third kappa shape index (κ3) is 5.10. The summed E-state index contributed by atoms with van der Waals surface area (Å²) in [5, 5.41) is 4.77. The lowest BCUT2D eigenvalue weighted by Gasteiger charge is -2.11. The maximum absolute atomic E-state index is 12.5. The van der Waals surface area contributed by atoms with Crippen molar-refractivity contribution in [1.29, 1.82) is 0 Å². The van der Waals surface area contributed by atoms with Crippen molar-refractivity contribution in [3.63, 3.8) is 0 Å². The molecule has 0 spiro atoms. The van der Waals surface area contributed by atoms with Gasteiger partial charge in [0.15, 0.2) is 0 Å². The number of benzene rings is 2. The molecule has 0 aliphatic rings. The predicted molar refractivity (Wildman–Crippen MR) is 111 cm³/mol. The number of carbonyl (C=O) groups is 1. The van der Waals surface area contributed by atoms with Gasteiger partial charge in [-0.3, -0.25) is 4.79 Å². The molecule has 0 fully saturated rings. The lowest BCUT2D eigenvalue weighted by Crippen LogP contribution is -2.20. The quantitative estimate of drug-likeness (QED) is 0.406. The van der Waals surface area contributed by atoms with Crippen LogP contribution in [0.4, 0.5) is 0 Å². The Hall–Kier alpha value is -2.34. The van der Waals surface area contributed by atoms with Crippen molar-refractivity contribution in [1.82, 2.24) is 5.43 Å². The fraction of sp³-hybridized carbons (Fsp3) is 0.100. The molecule has 0 saturated carbocycles. The van der Waals surface area contributed by atoms with E-state index in [2.05, 4.69) is 10.5 Å². The van der Waals surface area contributed by atoms with Crippen molar-refractivity contribution in [2.24, 2.45) is 5.10 Å². The van der Waals surface area contributed by atoms with Gasteiger partial charge in [0.25, 0.3) is 5.91 Å². The van der Waals surface area contributed by atoms with E-state index in [0.29, 0.717) is 26.4 Å². The molecule has 1 N–H and O–H groups in total. The van der Waals surface area contributed by atoms with Crippen LogP contribution < -0.4 is 10.2 Å². The Morgan fingerprint density at radius 1 is 1.07 bits per heavy atom. The number of nitrogens with one attached hydrogen (secondary N) is 1. The van der Waals surface area contributed by atoms with E-state index in [-0.39, 0.29) is 12.5 Å². The number of hydrazone groups is 1. The van der Waals surface area contributed by atoms with Gasteiger partial charge in [-0.2, -0.15) is 5.10 Å². The number of thiophene rings is 1. The van der Waals surface area contributed by atoms with E-state index in [1.807, 2.05) is 31.2 Å². The number of nitrogens with zero attached hydrogens (tertiary/aromatic N) is 1. The molecular formula is C20H16Cl2N2O2S. The first kappa shape index (κ1) is 19.4. The molecule has 2 aromatic carbocycles. The summed E-state index contributed by atoms with van der Waals surface area (Å²) < 4.78 is 6.48. The Morgan fingerprint density at radius 2 is 1.81 bits per heavy atom. The van der Waals surface area contributed by atoms with Crippen LogP contribution in [-0.2, 0) is 6.61 Å². The fourth-order valence-corrected chi connectivity index (χ4v) is 3.49. The molecule has 1 heterocycles. The first-order valence-corrected chi connectivity index (χ1v) is 9.67. The molecule has 0 aliphatic carbocycles. The van der Waals surface area contributed by atoms with Crippen LogP contribution in [0.5, 0.6) is 5.75 Å². The molecule has 0 radical (unpaired) electrons. The second kappa shape index (κ2) is 9.04. The number of amides is 1. The van der Waals surface area contributed by atoms with Gasteiger partial charge < -0.3 is 4.74 Å². The Bertz CT molecular complexity index is 985. The van der Waals surface area contributed by atoms with Crippen LogP contribution in [0.1, 0.15) is 27.7 Å². The van der Waals surface area contributed by atoms with E-state index >= 15 is 0 Å². The minimum Gasteiger partial charge on any atom is -0.488 e. The molecular weight excluding hydrogens is 403 g/mol. The Morgan fingerprint density at radius 3 is 2.56 bits per heavy atom. The summed E-state index contributed by atoms with van der Waals surface area (Å²) in [4.78, 5) is 13.4. The number of ether oxygens (including phenoxy) is 1. The second-order valence-electron chi connectivity index (χ2n) is 5.62. The third-order valence-electron chi connectivity index (χ3n) is 3.73. The van der Waals surface area contributed by atoms with Gasteiger partial charge in [-0.05, 0) is 37.3 Å². The minimum atomic E-state index is -0.355. The zero-order chi connectivity index (χ0) is 19.2. The van der Waals surface area contributed by atoms with E-state index in [9.17, 15) is 4.79 Å². The summed E-state index contributed by atoms with van der Waals surface area (Å²) in [7, 11) is 0. The lowest BCUT2D eigenvalue weighted by atomic mass is 10.2. The highest BCUT2D eigenvalue weighted by atomic mass is 35.5. The summed E-state index contributed by atoms with van der Waals surface area (Å²) >= 11 is 13.5. The Labute approximate surface area is 171 Å². The van der Waals surface area contributed by atoms with Crippen LogP contribution in [0.2, 0.25) is 9.36 Å². The Balaban J connectivity index is 1.71. The number of rotatable bonds is 6. The summed E-state index contributed by atoms with van der Waals surface area (Å²) in [6.45, 7) is 2.07. The fourth-order valence-electron chi connectivity index (χ4n) is 2.31. The van der Waals surface area contributed by atoms with Crippen molar-refractivity contribution < 1.29 is 9.53 Å². The van der Waals surface area contributed by atoms with E-state index in [1.165, 1.54) is 11.3 Å². The van der Waals surface area contributed by atoms with Gasteiger partial charge in [0.2, 0.25) is 0 Å². The van der Waals surface area contributed by atoms with Gasteiger partial charge in [0.1, 0.15) is 12.4 Å². The van der Waals surface area contributed by atoms with Crippen molar-refractivity contribution in [3.05, 3.63) is 86.0 Å². The maximum Gasteiger partial charge on any atom is 0.275 e. The van der Waals surface area contributed by atoms with E-state index in [0.717, 1.165) is 10.4 Å². The normalized spacial score (nSPS) is 11.3. The average Bonchev–Trinajstić information content (AvgIpc) is 3.12. The number of hydrogen-bond acceptors (Lipinski definition) is 4. The van der Waals surface area contributed by atoms with E-state index < -0.39 is 0 Å². The first-order valence-electron chi connectivity index (χ1n) is 8.10. The molecule has 0 atom stereocenters. The molecule has 138 valence electrons. The van der Waals surface area contributed by atoms with Crippen LogP contribution >= 0.6 is 34.5 Å². The largest absolute Gasteiger partial charge is 0.488 e. The maximum atomic E-state index is 12.5. The topological polar surface area (TPSA) is 50.7 Å². The molecule has 1 aromatic heterocycles. The van der Waals surface area contributed by atoms with E-state index in [4.69, 9.17) is 27.9 Å². The average molecular weight is 419 g/mol. The smallest absolute Gasteiger partial charge is 0.275 e. The number of hydrogen-bond donors (Lipinski definition) is 1.